The topological polar surface area (TPSA) is 74.0 Å². The largest absolute Gasteiger partial charge is 0.500 e. The lowest BCUT2D eigenvalue weighted by Crippen LogP contribution is -2.43. The van der Waals surface area contributed by atoms with Crippen LogP contribution in [0.25, 0.3) is 0 Å². The quantitative estimate of drug-likeness (QED) is 0.644. The minimum atomic E-state index is -2.50. The van der Waals surface area contributed by atoms with E-state index in [1.54, 1.807) is 28.4 Å². The minimum absolute atomic E-state index is 0.436. The highest BCUT2D eigenvalue weighted by atomic mass is 28.4. The smallest absolute Gasteiger partial charge is 0.377 e. The summed E-state index contributed by atoms with van der Waals surface area (Å²) in [6.45, 7) is 0.570. The highest BCUT2D eigenvalue weighted by molar-refractivity contribution is 6.60. The maximum Gasteiger partial charge on any atom is 0.500 e. The fourth-order valence-corrected chi connectivity index (χ4v) is 2.90. The number of hydrogen-bond acceptors (Lipinski definition) is 4. The molecule has 0 aromatic heterocycles. The molecule has 0 aliphatic rings. The van der Waals surface area contributed by atoms with Crippen LogP contribution >= 0.6 is 0 Å². The van der Waals surface area contributed by atoms with Crippen LogP contribution in [-0.2, 0) is 13.3 Å². The molecule has 0 saturated carbocycles. The van der Waals surface area contributed by atoms with Gasteiger partial charge in [0.1, 0.15) is 0 Å². The Morgan fingerprint density at radius 3 is 2.07 bits per heavy atom. The van der Waals surface area contributed by atoms with Crippen molar-refractivity contribution in [3.8, 4) is 0 Å². The summed E-state index contributed by atoms with van der Waals surface area (Å²) in [4.78, 5) is 12.2. The van der Waals surface area contributed by atoms with E-state index >= 15 is 0 Å². The van der Waals surface area contributed by atoms with Crippen LogP contribution in [-0.4, -0.2) is 54.7 Å². The third kappa shape index (κ3) is 4.60. The van der Waals surface area contributed by atoms with Crippen LogP contribution in [0.1, 0.15) is 6.42 Å². The minimum Gasteiger partial charge on any atom is -0.377 e. The molecule has 0 aromatic carbocycles. The summed E-state index contributed by atoms with van der Waals surface area (Å²) in [6, 6.07) is 0.225. The van der Waals surface area contributed by atoms with E-state index in [9.17, 15) is 4.79 Å². The predicted octanol–water partition coefficient (Wildman–Crippen LogP) is 0.265. The molecule has 7 heteroatoms. The lowest BCUT2D eigenvalue weighted by Gasteiger charge is -2.25. The van der Waals surface area contributed by atoms with Crippen LogP contribution in [0.3, 0.4) is 0 Å². The third-order valence-electron chi connectivity index (χ3n) is 2.29. The maximum absolute atomic E-state index is 10.7. The Bertz CT molecular complexity index is 191. The first-order chi connectivity index (χ1) is 7.01. The number of nitrogens with two attached hydrogens (primary N) is 1. The highest BCUT2D eigenvalue weighted by Crippen LogP contribution is 2.14. The fourth-order valence-electron chi connectivity index (χ4n) is 1.20. The van der Waals surface area contributed by atoms with Crippen LogP contribution < -0.4 is 5.73 Å². The van der Waals surface area contributed by atoms with Gasteiger partial charge in [0.05, 0.1) is 0 Å². The van der Waals surface area contributed by atoms with Crippen LogP contribution in [0.2, 0.25) is 6.04 Å². The maximum atomic E-state index is 10.7. The molecule has 0 saturated heterocycles. The van der Waals surface area contributed by atoms with Gasteiger partial charge in [-0.1, -0.05) is 0 Å². The van der Waals surface area contributed by atoms with Crippen molar-refractivity contribution in [2.24, 2.45) is 5.73 Å². The van der Waals surface area contributed by atoms with Gasteiger partial charge < -0.3 is 23.9 Å². The van der Waals surface area contributed by atoms with Crippen LogP contribution in [0.5, 0.6) is 0 Å². The predicted molar refractivity (Wildman–Crippen MR) is 58.4 cm³/mol. The Labute approximate surface area is 91.6 Å². The molecule has 0 aliphatic carbocycles. The molecule has 0 rings (SSSR count). The SMILES string of the molecule is CO[Si](CCCN(C)C(N)=O)(OC)OC. The van der Waals surface area contributed by atoms with Gasteiger partial charge in [0.15, 0.2) is 0 Å². The van der Waals surface area contributed by atoms with Gasteiger partial charge in [-0.15, -0.1) is 0 Å². The van der Waals surface area contributed by atoms with Crippen molar-refractivity contribution in [3.05, 3.63) is 0 Å². The zero-order chi connectivity index (χ0) is 11.9. The zero-order valence-corrected chi connectivity index (χ0v) is 10.8. The summed E-state index contributed by atoms with van der Waals surface area (Å²) in [5.74, 6) is 0. The molecule has 0 aliphatic heterocycles. The summed E-state index contributed by atoms with van der Waals surface area (Å²) in [7, 11) is 3.85. The van der Waals surface area contributed by atoms with Crippen molar-refractivity contribution >= 4 is 14.8 Å². The molecule has 2 amide bonds. The molecule has 0 radical (unpaired) electrons. The Kier molecular flexibility index (Phi) is 6.49. The average molecular weight is 236 g/mol. The zero-order valence-electron chi connectivity index (χ0n) is 9.78. The monoisotopic (exact) mass is 236 g/mol. The van der Waals surface area contributed by atoms with Crippen molar-refractivity contribution in [2.45, 2.75) is 12.5 Å². The summed E-state index contributed by atoms with van der Waals surface area (Å²) in [5.41, 5.74) is 5.09. The number of nitrogens with zero attached hydrogens (tertiary/aromatic N) is 1. The Morgan fingerprint density at radius 1 is 1.27 bits per heavy atom. The van der Waals surface area contributed by atoms with E-state index in [4.69, 9.17) is 19.0 Å². The summed E-state index contributed by atoms with van der Waals surface area (Å²) in [5, 5.41) is 0. The van der Waals surface area contributed by atoms with Gasteiger partial charge >= 0.3 is 14.8 Å². The van der Waals surface area contributed by atoms with Crippen molar-refractivity contribution in [1.29, 1.82) is 0 Å². The van der Waals surface area contributed by atoms with E-state index in [2.05, 4.69) is 0 Å². The molecular weight excluding hydrogens is 216 g/mol. The third-order valence-corrected chi connectivity index (χ3v) is 5.12. The Balaban J connectivity index is 3.96. The lowest BCUT2D eigenvalue weighted by molar-refractivity contribution is 0.122. The summed E-state index contributed by atoms with van der Waals surface area (Å²) >= 11 is 0. The van der Waals surface area contributed by atoms with Gasteiger partial charge in [0.2, 0.25) is 0 Å². The molecule has 0 heterocycles. The normalized spacial score (nSPS) is 11.5. The fraction of sp³-hybridized carbons (Fsp3) is 0.875. The second-order valence-corrected chi connectivity index (χ2v) is 6.25. The molecular formula is C8H20N2O4Si. The number of urea groups is 1. The first-order valence-corrected chi connectivity index (χ1v) is 6.60. The Morgan fingerprint density at radius 2 is 1.73 bits per heavy atom. The van der Waals surface area contributed by atoms with E-state index < -0.39 is 14.8 Å². The molecule has 0 unspecified atom stereocenters. The molecule has 15 heavy (non-hydrogen) atoms. The van der Waals surface area contributed by atoms with E-state index in [-0.39, 0.29) is 0 Å². The average Bonchev–Trinajstić information content (AvgIpc) is 2.24. The van der Waals surface area contributed by atoms with Gasteiger partial charge in [-0.25, -0.2) is 4.79 Å². The number of carbonyl (C=O) groups is 1. The molecule has 6 nitrogen and oxygen atoms in total. The first kappa shape index (κ1) is 14.4. The molecule has 0 spiro atoms. The molecule has 0 aromatic rings. The van der Waals surface area contributed by atoms with Crippen molar-refractivity contribution in [3.63, 3.8) is 0 Å². The number of carbonyl (C=O) groups excluding carboxylic acids is 1. The van der Waals surface area contributed by atoms with Gasteiger partial charge in [-0.2, -0.15) is 0 Å². The second kappa shape index (κ2) is 6.78. The molecule has 2 N–H and O–H groups in total. The number of hydrogen-bond donors (Lipinski definition) is 1. The van der Waals surface area contributed by atoms with E-state index in [1.807, 2.05) is 0 Å². The van der Waals surface area contributed by atoms with Gasteiger partial charge in [0, 0.05) is 41.0 Å². The van der Waals surface area contributed by atoms with Crippen molar-refractivity contribution in [1.82, 2.24) is 4.90 Å². The van der Waals surface area contributed by atoms with E-state index in [0.717, 1.165) is 6.42 Å². The second-order valence-electron chi connectivity index (χ2n) is 3.16. The molecule has 0 fully saturated rings. The molecule has 0 atom stereocenters. The standard InChI is InChI=1S/C8H20N2O4Si/c1-10(8(9)11)6-5-7-15(12-2,13-3)14-4/h5-7H2,1-4H3,(H2,9,11). The number of rotatable bonds is 7. The van der Waals surface area contributed by atoms with Gasteiger partial charge in [-0.3, -0.25) is 0 Å². The summed E-state index contributed by atoms with van der Waals surface area (Å²) in [6.07, 6.45) is 0.737. The van der Waals surface area contributed by atoms with E-state index in [1.165, 1.54) is 4.90 Å². The van der Waals surface area contributed by atoms with Gasteiger partial charge in [-0.05, 0) is 6.42 Å². The van der Waals surface area contributed by atoms with E-state index in [0.29, 0.717) is 12.6 Å². The van der Waals surface area contributed by atoms with Crippen LogP contribution in [0, 0.1) is 0 Å². The number of primary amides is 1. The number of amides is 2. The summed E-state index contributed by atoms with van der Waals surface area (Å²) < 4.78 is 15.7. The lowest BCUT2D eigenvalue weighted by atomic mass is 10.4. The highest BCUT2D eigenvalue weighted by Gasteiger charge is 2.36. The Hall–Kier alpha value is -0.633. The molecule has 0 bridgehead atoms. The van der Waals surface area contributed by atoms with Gasteiger partial charge in [0.25, 0.3) is 0 Å². The van der Waals surface area contributed by atoms with Crippen LogP contribution in [0.15, 0.2) is 0 Å². The van der Waals surface area contributed by atoms with Crippen molar-refractivity contribution < 1.29 is 18.1 Å². The first-order valence-electron chi connectivity index (χ1n) is 4.67. The van der Waals surface area contributed by atoms with Crippen LogP contribution in [0.4, 0.5) is 4.79 Å². The van der Waals surface area contributed by atoms with Crippen molar-refractivity contribution in [2.75, 3.05) is 34.9 Å². The molecule has 90 valence electrons.